The van der Waals surface area contributed by atoms with E-state index in [0.717, 1.165) is 11.3 Å². The molecule has 0 radical (unpaired) electrons. The fourth-order valence-corrected chi connectivity index (χ4v) is 6.24. The third-order valence-electron chi connectivity index (χ3n) is 7.07. The molecule has 2 fully saturated rings. The van der Waals surface area contributed by atoms with Crippen LogP contribution >= 0.6 is 11.3 Å². The number of carbonyl (C=O) groups excluding carboxylic acids is 4. The van der Waals surface area contributed by atoms with Crippen LogP contribution < -0.4 is 15.5 Å². The molecule has 3 unspecified atom stereocenters. The molecule has 3 aliphatic rings. The summed E-state index contributed by atoms with van der Waals surface area (Å²) in [6.45, 7) is 4.03. The quantitative estimate of drug-likeness (QED) is 0.400. The predicted molar refractivity (Wildman–Crippen MR) is 133 cm³/mol. The van der Waals surface area contributed by atoms with Crippen LogP contribution in [-0.2, 0) is 25.5 Å². The van der Waals surface area contributed by atoms with Crippen LogP contribution in [0.5, 0.6) is 0 Å². The van der Waals surface area contributed by atoms with Crippen LogP contribution in [-0.4, -0.2) is 91.0 Å². The van der Waals surface area contributed by atoms with Crippen LogP contribution in [0.4, 0.5) is 19.3 Å². The van der Waals surface area contributed by atoms with Crippen molar-refractivity contribution in [2.45, 2.75) is 38.5 Å². The Bertz CT molecular complexity index is 1360. The monoisotopic (exact) mass is 564 g/mol. The second kappa shape index (κ2) is 9.88. The molecule has 0 bridgehead atoms. The van der Waals surface area contributed by atoms with Crippen LogP contribution in [0.2, 0.25) is 0 Å². The fraction of sp³-hybridized carbons (Fsp3) is 0.500. The average Bonchev–Trinajstić information content (AvgIpc) is 3.34. The van der Waals surface area contributed by atoms with Crippen LogP contribution in [0.15, 0.2) is 6.07 Å². The third-order valence-corrected chi connectivity index (χ3v) is 8.01. The van der Waals surface area contributed by atoms with Gasteiger partial charge in [-0.25, -0.2) is 18.4 Å². The number of barbiturate groups is 1. The highest BCUT2D eigenvalue weighted by atomic mass is 32.1. The van der Waals surface area contributed by atoms with Crippen molar-refractivity contribution in [3.05, 3.63) is 28.3 Å². The lowest BCUT2D eigenvalue weighted by atomic mass is 9.66. The van der Waals surface area contributed by atoms with Gasteiger partial charge in [-0.2, -0.15) is 0 Å². The molecular formula is C24H26F2N6O6S. The molecule has 39 heavy (non-hydrogen) atoms. The topological polar surface area (TPSA) is 143 Å². The summed E-state index contributed by atoms with van der Waals surface area (Å²) in [5.41, 5.74) is -2.08. The van der Waals surface area contributed by atoms with E-state index in [4.69, 9.17) is 9.47 Å². The number of aromatic nitrogens is 2. The zero-order valence-corrected chi connectivity index (χ0v) is 22.4. The van der Waals surface area contributed by atoms with E-state index in [1.807, 2.05) is 19.0 Å². The van der Waals surface area contributed by atoms with E-state index in [1.165, 1.54) is 11.0 Å². The van der Waals surface area contributed by atoms with E-state index < -0.39 is 59.1 Å². The Morgan fingerprint density at radius 2 is 1.90 bits per heavy atom. The summed E-state index contributed by atoms with van der Waals surface area (Å²) in [6, 6.07) is -0.676. The molecular weight excluding hydrogens is 538 g/mol. The van der Waals surface area contributed by atoms with E-state index in [1.54, 1.807) is 13.8 Å². The molecule has 5 rings (SSSR count). The van der Waals surface area contributed by atoms with Gasteiger partial charge in [0.05, 0.1) is 29.5 Å². The molecule has 4 amide bonds. The highest BCUT2D eigenvalue weighted by molar-refractivity contribution is 7.16. The Kier molecular flexibility index (Phi) is 6.84. The van der Waals surface area contributed by atoms with Crippen LogP contribution in [0.3, 0.4) is 0 Å². The van der Waals surface area contributed by atoms with Crippen LogP contribution in [0.25, 0.3) is 10.6 Å². The minimum atomic E-state index is -1.86. The van der Waals surface area contributed by atoms with Gasteiger partial charge in [0.15, 0.2) is 22.1 Å². The molecule has 2 aromatic rings. The van der Waals surface area contributed by atoms with Crippen molar-refractivity contribution in [1.82, 2.24) is 25.7 Å². The van der Waals surface area contributed by atoms with Gasteiger partial charge in [0.25, 0.3) is 0 Å². The van der Waals surface area contributed by atoms with Gasteiger partial charge in [0, 0.05) is 19.5 Å². The second-order valence-corrected chi connectivity index (χ2v) is 11.0. The smallest absolute Gasteiger partial charge is 0.369 e. The van der Waals surface area contributed by atoms with Gasteiger partial charge in [-0.1, -0.05) is 11.3 Å². The number of benzene rings is 1. The number of fused-ring (bicyclic) bond motifs is 4. The van der Waals surface area contributed by atoms with Crippen molar-refractivity contribution in [1.29, 1.82) is 0 Å². The van der Waals surface area contributed by atoms with E-state index >= 15 is 8.78 Å². The number of esters is 1. The lowest BCUT2D eigenvalue weighted by Crippen LogP contribution is -2.75. The zero-order valence-electron chi connectivity index (χ0n) is 21.5. The first-order valence-electron chi connectivity index (χ1n) is 12.2. The Hall–Kier alpha value is -3.56. The molecule has 3 atom stereocenters. The van der Waals surface area contributed by atoms with Crippen molar-refractivity contribution < 1.29 is 37.4 Å². The summed E-state index contributed by atoms with van der Waals surface area (Å²) >= 11 is 0.725. The highest BCUT2D eigenvalue weighted by Gasteiger charge is 2.63. The molecule has 12 nitrogen and oxygen atoms in total. The van der Waals surface area contributed by atoms with Crippen molar-refractivity contribution in [2.75, 3.05) is 38.7 Å². The molecule has 3 aliphatic heterocycles. The molecule has 15 heteroatoms. The Morgan fingerprint density at radius 1 is 1.21 bits per heavy atom. The first-order valence-corrected chi connectivity index (χ1v) is 13.0. The normalized spacial score (nSPS) is 23.8. The second-order valence-electron chi connectivity index (χ2n) is 10.0. The number of carbonyl (C=O) groups is 4. The number of hydrogen-bond donors (Lipinski definition) is 2. The van der Waals surface area contributed by atoms with Crippen molar-refractivity contribution in [2.24, 2.45) is 5.41 Å². The number of anilines is 1. The average molecular weight is 565 g/mol. The third kappa shape index (κ3) is 4.43. The molecule has 4 heterocycles. The lowest BCUT2D eigenvalue weighted by Gasteiger charge is -2.55. The van der Waals surface area contributed by atoms with E-state index in [2.05, 4.69) is 20.8 Å². The minimum absolute atomic E-state index is 0.0652. The van der Waals surface area contributed by atoms with Gasteiger partial charge in [-0.3, -0.25) is 20.2 Å². The fourth-order valence-electron chi connectivity index (χ4n) is 5.49. The number of morpholine rings is 1. The number of rotatable bonds is 5. The van der Waals surface area contributed by atoms with Gasteiger partial charge in [0.1, 0.15) is 6.61 Å². The van der Waals surface area contributed by atoms with Crippen molar-refractivity contribution in [3.8, 4) is 10.6 Å². The molecule has 208 valence electrons. The molecule has 2 saturated heterocycles. The number of urea groups is 1. The molecule has 0 aliphatic carbocycles. The number of imide groups is 2. The maximum Gasteiger partial charge on any atom is 0.369 e. The summed E-state index contributed by atoms with van der Waals surface area (Å²) in [5.74, 6) is -4.87. The standard InChI is InChI=1S/C24H26F2N6O6S/c1-10-9-32-16-12(8-24(17(32)11(2)38-10)21(34)27-23(36)28-22(24)35)7-13(14(25)15(16)26)18-29-30-19(39-18)20(33)37-6-5-31(3)4/h7,10-11,17H,5-6,8-9H2,1-4H3,(H2,27,28,34,35,36). The maximum atomic E-state index is 15.8. The lowest BCUT2D eigenvalue weighted by molar-refractivity contribution is -0.153. The first-order chi connectivity index (χ1) is 18.4. The van der Waals surface area contributed by atoms with Gasteiger partial charge < -0.3 is 19.3 Å². The molecule has 1 aromatic heterocycles. The van der Waals surface area contributed by atoms with Gasteiger partial charge in [-0.05, 0) is 39.6 Å². The van der Waals surface area contributed by atoms with E-state index in [0.29, 0.717) is 6.54 Å². The highest BCUT2D eigenvalue weighted by Crippen LogP contribution is 2.49. The molecule has 0 saturated carbocycles. The van der Waals surface area contributed by atoms with E-state index in [-0.39, 0.29) is 46.4 Å². The summed E-state index contributed by atoms with van der Waals surface area (Å²) in [5, 5.41) is 11.7. The number of nitrogens with one attached hydrogen (secondary N) is 2. The molecule has 1 spiro atoms. The Labute approximate surface area is 225 Å². The summed E-state index contributed by atoms with van der Waals surface area (Å²) in [7, 11) is 3.63. The number of halogens is 2. The number of amides is 4. The van der Waals surface area contributed by atoms with Gasteiger partial charge >= 0.3 is 12.0 Å². The van der Waals surface area contributed by atoms with Gasteiger partial charge in [0.2, 0.25) is 16.8 Å². The number of likely N-dealkylation sites (N-methyl/N-ethyl adjacent to an activating group) is 1. The summed E-state index contributed by atoms with van der Waals surface area (Å²) in [4.78, 5) is 54.1. The van der Waals surface area contributed by atoms with Gasteiger partial charge in [-0.15, -0.1) is 10.2 Å². The molecule has 2 N–H and O–H groups in total. The maximum absolute atomic E-state index is 15.8. The minimum Gasteiger partial charge on any atom is -0.459 e. The number of ether oxygens (including phenoxy) is 2. The van der Waals surface area contributed by atoms with Crippen molar-refractivity contribution >= 4 is 40.8 Å². The van der Waals surface area contributed by atoms with Crippen molar-refractivity contribution in [3.63, 3.8) is 0 Å². The molecule has 1 aromatic carbocycles. The zero-order chi connectivity index (χ0) is 28.2. The predicted octanol–water partition coefficient (Wildman–Crippen LogP) is 1.09. The van der Waals surface area contributed by atoms with Crippen LogP contribution in [0.1, 0.15) is 29.2 Å². The summed E-state index contributed by atoms with van der Waals surface area (Å²) in [6.07, 6.45) is -1.50. The van der Waals surface area contributed by atoms with E-state index in [9.17, 15) is 19.2 Å². The SMILES string of the molecule is CC1CN2c3c(cc(-c4nnc(C(=O)OCCN(C)C)s4)c(F)c3F)CC3(C(=O)NC(=O)NC3=O)C2C(C)O1. The number of hydrogen-bond acceptors (Lipinski definition) is 11. The first kappa shape index (κ1) is 27.0. The number of nitrogens with zero attached hydrogens (tertiary/aromatic N) is 4. The summed E-state index contributed by atoms with van der Waals surface area (Å²) < 4.78 is 42.4. The Morgan fingerprint density at radius 3 is 2.56 bits per heavy atom. The largest absolute Gasteiger partial charge is 0.459 e. The Balaban J connectivity index is 1.58. The van der Waals surface area contributed by atoms with Crippen LogP contribution in [0, 0.1) is 17.0 Å².